The average molecular weight is 661 g/mol. The molecule has 0 unspecified atom stereocenters. The van der Waals surface area contributed by atoms with E-state index in [0.717, 1.165) is 40.7 Å². The Hall–Kier alpha value is -4.78. The van der Waals surface area contributed by atoms with Crippen LogP contribution in [0.3, 0.4) is 0 Å². The normalized spacial score (nSPS) is 11.0. The van der Waals surface area contributed by atoms with E-state index in [4.69, 9.17) is 9.47 Å². The number of rotatable bonds is 17. The van der Waals surface area contributed by atoms with Gasteiger partial charge in [0, 0.05) is 0 Å². The highest BCUT2D eigenvalue weighted by molar-refractivity contribution is 5.88. The lowest BCUT2D eigenvalue weighted by molar-refractivity contribution is -0.142. The number of esters is 2. The first-order valence-electron chi connectivity index (χ1n) is 17.0. The summed E-state index contributed by atoms with van der Waals surface area (Å²) >= 11 is 0. The number of hydrogen-bond donors (Lipinski definition) is 2. The third-order valence-electron chi connectivity index (χ3n) is 8.90. The van der Waals surface area contributed by atoms with Crippen LogP contribution in [0, 0.1) is 6.92 Å². The van der Waals surface area contributed by atoms with Crippen molar-refractivity contribution in [3.8, 4) is 33.4 Å². The highest BCUT2D eigenvalue weighted by Crippen LogP contribution is 2.32. The van der Waals surface area contributed by atoms with Gasteiger partial charge in [0.15, 0.2) is 0 Å². The van der Waals surface area contributed by atoms with Crippen LogP contribution < -0.4 is 0 Å². The Morgan fingerprint density at radius 1 is 0.653 bits per heavy atom. The van der Waals surface area contributed by atoms with Crippen molar-refractivity contribution in [3.63, 3.8) is 0 Å². The predicted molar refractivity (Wildman–Crippen MR) is 197 cm³/mol. The fourth-order valence-electron chi connectivity index (χ4n) is 5.83. The fourth-order valence-corrected chi connectivity index (χ4v) is 5.83. The number of carbonyl (C=O) groups is 2. The van der Waals surface area contributed by atoms with Gasteiger partial charge in [-0.2, -0.15) is 0 Å². The highest BCUT2D eigenvalue weighted by Gasteiger charge is 2.19. The summed E-state index contributed by atoms with van der Waals surface area (Å²) < 4.78 is 10.6. The Labute approximate surface area is 290 Å². The van der Waals surface area contributed by atoms with Gasteiger partial charge in [-0.1, -0.05) is 125 Å². The van der Waals surface area contributed by atoms with Crippen LogP contribution in [0.25, 0.3) is 33.4 Å². The maximum absolute atomic E-state index is 12.1. The van der Waals surface area contributed by atoms with Gasteiger partial charge >= 0.3 is 11.9 Å². The third-order valence-corrected chi connectivity index (χ3v) is 8.90. The van der Waals surface area contributed by atoms with E-state index in [0.29, 0.717) is 0 Å². The van der Waals surface area contributed by atoms with Gasteiger partial charge in [-0.15, -0.1) is 0 Å². The summed E-state index contributed by atoms with van der Waals surface area (Å²) in [4.78, 5) is 24.2. The highest BCUT2D eigenvalue weighted by atomic mass is 16.5. The van der Waals surface area contributed by atoms with E-state index >= 15 is 0 Å². The second-order valence-electron chi connectivity index (χ2n) is 12.4. The van der Waals surface area contributed by atoms with Gasteiger partial charge < -0.3 is 19.7 Å². The molecule has 0 saturated heterocycles. The summed E-state index contributed by atoms with van der Waals surface area (Å²) in [5.74, 6) is -1.93. The van der Waals surface area contributed by atoms with Crippen LogP contribution in [-0.4, -0.2) is 48.6 Å². The molecule has 0 aromatic heterocycles. The summed E-state index contributed by atoms with van der Waals surface area (Å²) in [6, 6.07) is 29.9. The number of hydrogen-bond acceptors (Lipinski definition) is 6. The molecule has 0 saturated carbocycles. The van der Waals surface area contributed by atoms with Gasteiger partial charge in [-0.25, -0.2) is 9.59 Å². The van der Waals surface area contributed by atoms with Crippen molar-refractivity contribution < 1.29 is 29.3 Å². The van der Waals surface area contributed by atoms with Crippen LogP contribution in [0.5, 0.6) is 0 Å². The Bertz CT molecular complexity index is 1720. The monoisotopic (exact) mass is 660 g/mol. The number of aliphatic hydroxyl groups excluding tert-OH is 2. The molecule has 0 aliphatic rings. The summed E-state index contributed by atoms with van der Waals surface area (Å²) in [5, 5.41) is 18.4. The quantitative estimate of drug-likeness (QED) is 0.0670. The molecule has 0 spiro atoms. The van der Waals surface area contributed by atoms with Crippen LogP contribution in [-0.2, 0) is 31.9 Å². The minimum atomic E-state index is -0.724. The lowest BCUT2D eigenvalue weighted by atomic mass is 9.92. The molecule has 256 valence electrons. The second kappa shape index (κ2) is 18.1. The van der Waals surface area contributed by atoms with Gasteiger partial charge in [-0.3, -0.25) is 0 Å². The molecular weight excluding hydrogens is 612 g/mol. The van der Waals surface area contributed by atoms with Crippen LogP contribution >= 0.6 is 0 Å². The Morgan fingerprint density at radius 2 is 1.16 bits per heavy atom. The van der Waals surface area contributed by atoms with Crippen molar-refractivity contribution in [1.82, 2.24) is 0 Å². The predicted octanol–water partition coefficient (Wildman–Crippen LogP) is 8.56. The molecule has 4 aromatic carbocycles. The van der Waals surface area contributed by atoms with E-state index in [1.54, 1.807) is 0 Å². The number of unbranched alkanes of at least 4 members (excludes halogenated alkanes) is 2. The number of carbonyl (C=O) groups excluding carboxylic acids is 2. The van der Waals surface area contributed by atoms with Crippen molar-refractivity contribution in [3.05, 3.63) is 131 Å². The maximum Gasteiger partial charge on any atom is 0.335 e. The smallest absolute Gasteiger partial charge is 0.335 e. The molecule has 0 fully saturated rings. The standard InChI is InChI=1S/C43H48O6/c1-6-8-9-10-33-17-20-39(24-32(33)7-2)35-15-18-37(19-16-35)41-22-21-38(23-29(41)3)34-11-13-36(14-12-34)40(27-48-42(46)30(4)25-44)28-49-43(47)31(5)26-45/h11-24,40,44-45H,4-10,25-28H2,1-3H3. The minimum absolute atomic E-state index is 0.0668. The van der Waals surface area contributed by atoms with Crippen LogP contribution in [0.2, 0.25) is 0 Å². The molecule has 0 aliphatic heterocycles. The van der Waals surface area contributed by atoms with Crippen molar-refractivity contribution in [1.29, 1.82) is 0 Å². The van der Waals surface area contributed by atoms with E-state index in [1.165, 1.54) is 47.1 Å². The lowest BCUT2D eigenvalue weighted by Crippen LogP contribution is -2.21. The first-order valence-corrected chi connectivity index (χ1v) is 17.0. The zero-order valence-corrected chi connectivity index (χ0v) is 29.0. The molecule has 0 aliphatic carbocycles. The summed E-state index contributed by atoms with van der Waals surface area (Å²) in [6.45, 7) is 12.4. The Balaban J connectivity index is 1.48. The van der Waals surface area contributed by atoms with Gasteiger partial charge in [0.05, 0.1) is 30.3 Å². The first kappa shape index (κ1) is 37.0. The summed E-state index contributed by atoms with van der Waals surface area (Å²) in [6.07, 6.45) is 5.94. The van der Waals surface area contributed by atoms with Gasteiger partial charge in [0.1, 0.15) is 13.2 Å². The molecule has 0 atom stereocenters. The molecule has 0 amide bonds. The number of aliphatic hydroxyl groups is 2. The number of benzene rings is 4. The molecular formula is C43H48O6. The average Bonchev–Trinajstić information content (AvgIpc) is 3.14. The molecule has 4 rings (SSSR count). The van der Waals surface area contributed by atoms with E-state index in [9.17, 15) is 19.8 Å². The largest absolute Gasteiger partial charge is 0.461 e. The lowest BCUT2D eigenvalue weighted by Gasteiger charge is -2.19. The van der Waals surface area contributed by atoms with Crippen molar-refractivity contribution in [2.45, 2.75) is 58.8 Å². The van der Waals surface area contributed by atoms with E-state index in [2.05, 4.69) is 94.6 Å². The topological polar surface area (TPSA) is 93.1 Å². The molecule has 0 radical (unpaired) electrons. The summed E-state index contributed by atoms with van der Waals surface area (Å²) in [7, 11) is 0. The van der Waals surface area contributed by atoms with Crippen molar-refractivity contribution in [2.24, 2.45) is 0 Å². The van der Waals surface area contributed by atoms with Gasteiger partial charge in [-0.05, 0) is 81.8 Å². The Morgan fingerprint density at radius 3 is 1.69 bits per heavy atom. The number of ether oxygens (including phenoxy) is 2. The Kier molecular flexibility index (Phi) is 13.7. The second-order valence-corrected chi connectivity index (χ2v) is 12.4. The number of aryl methyl sites for hydroxylation is 3. The van der Waals surface area contributed by atoms with Crippen molar-refractivity contribution >= 4 is 11.9 Å². The fraction of sp³-hybridized carbons (Fsp3) is 0.302. The van der Waals surface area contributed by atoms with Gasteiger partial charge in [0.25, 0.3) is 0 Å². The van der Waals surface area contributed by atoms with Gasteiger partial charge in [0.2, 0.25) is 0 Å². The molecule has 2 N–H and O–H groups in total. The molecule has 49 heavy (non-hydrogen) atoms. The molecule has 0 bridgehead atoms. The molecule has 6 heteroatoms. The molecule has 4 aromatic rings. The minimum Gasteiger partial charge on any atom is -0.461 e. The summed E-state index contributed by atoms with van der Waals surface area (Å²) in [5.41, 5.74) is 11.6. The third kappa shape index (κ3) is 9.88. The van der Waals surface area contributed by atoms with E-state index < -0.39 is 31.1 Å². The SMILES string of the molecule is C=C(CO)C(=O)OCC(COC(=O)C(=C)CO)c1ccc(-c2ccc(-c3ccc(-c4ccc(CCCCC)c(CC)c4)cc3)c(C)c2)cc1. The van der Waals surface area contributed by atoms with E-state index in [1.807, 2.05) is 24.3 Å². The van der Waals surface area contributed by atoms with Crippen LogP contribution in [0.15, 0.2) is 109 Å². The van der Waals surface area contributed by atoms with E-state index in [-0.39, 0.29) is 24.4 Å². The van der Waals surface area contributed by atoms with Crippen LogP contribution in [0.1, 0.15) is 61.3 Å². The van der Waals surface area contributed by atoms with Crippen molar-refractivity contribution in [2.75, 3.05) is 26.4 Å². The maximum atomic E-state index is 12.1. The zero-order chi connectivity index (χ0) is 35.3. The zero-order valence-electron chi connectivity index (χ0n) is 29.0. The molecule has 0 heterocycles. The molecule has 6 nitrogen and oxygen atoms in total. The first-order chi connectivity index (χ1) is 23.7. The van der Waals surface area contributed by atoms with Crippen LogP contribution in [0.4, 0.5) is 0 Å².